The van der Waals surface area contributed by atoms with Crippen molar-refractivity contribution < 1.29 is 5.11 Å². The van der Waals surface area contributed by atoms with Crippen molar-refractivity contribution >= 4 is 40.3 Å². The van der Waals surface area contributed by atoms with Crippen molar-refractivity contribution in [2.45, 2.75) is 118 Å². The number of aromatic nitrogens is 4. The maximum absolute atomic E-state index is 9.72. The van der Waals surface area contributed by atoms with Crippen LogP contribution in [0.1, 0.15) is 130 Å². The molecule has 3 aromatic heterocycles. The van der Waals surface area contributed by atoms with Gasteiger partial charge in [-0.2, -0.15) is 0 Å². The van der Waals surface area contributed by atoms with E-state index >= 15 is 0 Å². The summed E-state index contributed by atoms with van der Waals surface area (Å²) in [6, 6.07) is 6.84. The average Bonchev–Trinajstić information content (AvgIpc) is 3.85. The lowest BCUT2D eigenvalue weighted by molar-refractivity contribution is 0.343. The molecule has 8 bridgehead atoms. The fraction of sp³-hybridized carbons (Fsp3) is 0.487. The Kier molecular flexibility index (Phi) is 11.3. The van der Waals surface area contributed by atoms with E-state index in [0.717, 1.165) is 118 Å². The first-order valence-corrected chi connectivity index (χ1v) is 17.3. The van der Waals surface area contributed by atoms with Crippen molar-refractivity contribution in [1.82, 2.24) is 19.9 Å². The molecule has 0 amide bonds. The fourth-order valence-electron chi connectivity index (χ4n) is 6.65. The number of aromatic amines is 2. The minimum Gasteiger partial charge on any atom is -0.392 e. The quantitative estimate of drug-likeness (QED) is 0.136. The third kappa shape index (κ3) is 7.10. The number of rotatable bonds is 14. The van der Waals surface area contributed by atoms with Gasteiger partial charge in [-0.05, 0) is 106 Å². The second-order valence-electron chi connectivity index (χ2n) is 12.4. The second kappa shape index (κ2) is 15.5. The van der Waals surface area contributed by atoms with Gasteiger partial charge < -0.3 is 15.1 Å². The molecule has 44 heavy (non-hydrogen) atoms. The monoisotopic (exact) mass is 592 g/mol. The van der Waals surface area contributed by atoms with Crippen molar-refractivity contribution in [3.8, 4) is 0 Å². The van der Waals surface area contributed by atoms with Gasteiger partial charge in [0.2, 0.25) is 0 Å². The molecule has 5 rings (SSSR count). The molecule has 0 radical (unpaired) electrons. The van der Waals surface area contributed by atoms with Crippen LogP contribution in [0.3, 0.4) is 0 Å². The summed E-state index contributed by atoms with van der Waals surface area (Å²) in [5.74, 6) is 0. The first-order valence-electron chi connectivity index (χ1n) is 17.3. The van der Waals surface area contributed by atoms with Crippen LogP contribution in [0.25, 0.3) is 40.3 Å². The molecule has 5 heterocycles. The Morgan fingerprint density at radius 2 is 1.18 bits per heavy atom. The second-order valence-corrected chi connectivity index (χ2v) is 12.4. The highest BCUT2D eigenvalue weighted by atomic mass is 16.2. The van der Waals surface area contributed by atoms with Crippen LogP contribution in [0.4, 0.5) is 0 Å². The van der Waals surface area contributed by atoms with Crippen molar-refractivity contribution in [2.24, 2.45) is 0 Å². The van der Waals surface area contributed by atoms with Crippen LogP contribution < -0.4 is 0 Å². The number of aryl methyl sites for hydroxylation is 6. The average molecular weight is 593 g/mol. The van der Waals surface area contributed by atoms with Crippen LogP contribution in [-0.4, -0.2) is 31.6 Å². The van der Waals surface area contributed by atoms with E-state index in [4.69, 9.17) is 9.97 Å². The van der Waals surface area contributed by atoms with Gasteiger partial charge in [-0.3, -0.25) is 4.98 Å². The first-order chi connectivity index (χ1) is 21.6. The molecule has 3 aromatic rings. The summed E-state index contributed by atoms with van der Waals surface area (Å²) in [6.45, 7) is 9.07. The van der Waals surface area contributed by atoms with Gasteiger partial charge >= 0.3 is 0 Å². The third-order valence-corrected chi connectivity index (χ3v) is 9.16. The third-order valence-electron chi connectivity index (χ3n) is 9.16. The number of nitrogens with one attached hydrogen (secondary N) is 2. The predicted molar refractivity (Wildman–Crippen MR) is 188 cm³/mol. The molecule has 2 aliphatic heterocycles. The molecule has 0 unspecified atom stereocenters. The number of hydrogen-bond donors (Lipinski definition) is 3. The van der Waals surface area contributed by atoms with Gasteiger partial charge in [-0.25, -0.2) is 4.98 Å². The summed E-state index contributed by atoms with van der Waals surface area (Å²) in [7, 11) is 0. The smallest absolute Gasteiger partial charge is 0.0690 e. The largest absolute Gasteiger partial charge is 0.392 e. The minimum absolute atomic E-state index is 0.0212. The number of hydrogen-bond acceptors (Lipinski definition) is 3. The molecule has 0 saturated heterocycles. The molecular weight excluding hydrogens is 540 g/mol. The zero-order chi connectivity index (χ0) is 30.9. The summed E-state index contributed by atoms with van der Waals surface area (Å²) in [5.41, 5.74) is 15.6. The van der Waals surface area contributed by atoms with E-state index in [9.17, 15) is 5.11 Å². The molecule has 0 aromatic carbocycles. The van der Waals surface area contributed by atoms with Gasteiger partial charge in [0, 0.05) is 44.6 Å². The van der Waals surface area contributed by atoms with E-state index in [1.807, 2.05) is 6.08 Å². The number of aliphatic hydroxyl groups is 1. The molecular formula is C39H52N4O. The normalized spacial score (nSPS) is 13.0. The highest BCUT2D eigenvalue weighted by Gasteiger charge is 2.19. The number of aliphatic hydroxyl groups excluding tert-OH is 1. The van der Waals surface area contributed by atoms with Crippen LogP contribution >= 0.6 is 0 Å². The SMILES string of the molecule is CCCCc1c2nc(c(CCCC)c3cc(/C=C/CO)c([nH]3)c(CCCC)c3nc(c(CCCC)c4ccc1[nH]4)CC3)C=C2. The van der Waals surface area contributed by atoms with E-state index in [-0.39, 0.29) is 6.61 Å². The van der Waals surface area contributed by atoms with Crippen molar-refractivity contribution in [3.05, 3.63) is 74.9 Å². The molecule has 5 heteroatoms. The minimum atomic E-state index is 0.0212. The van der Waals surface area contributed by atoms with Crippen molar-refractivity contribution in [1.29, 1.82) is 0 Å². The molecule has 3 N–H and O–H groups in total. The van der Waals surface area contributed by atoms with Gasteiger partial charge in [0.25, 0.3) is 0 Å². The standard InChI is InChI=1S/C39H52N4O/c1-5-9-15-28-32-19-20-33(40-32)29(16-10-6-2)35-23-24-37(42-35)31(18-12-8-4)39-27(14-13-25-44)26-38(43-39)30(17-11-7-3)36-22-21-34(28)41-36/h13-14,19-22,26,40,43-44H,5-12,15-18,23-25H2,1-4H3/b14-13+,32-28?,33-29?,34-28?,35-29?,36-30?,37-31?,38-30?,39-31?. The van der Waals surface area contributed by atoms with Gasteiger partial charge in [0.15, 0.2) is 0 Å². The molecule has 0 spiro atoms. The van der Waals surface area contributed by atoms with Gasteiger partial charge in [0.1, 0.15) is 0 Å². The summed E-state index contributed by atoms with van der Waals surface area (Å²) in [4.78, 5) is 18.5. The lowest BCUT2D eigenvalue weighted by Crippen LogP contribution is -1.95. The fourth-order valence-corrected chi connectivity index (χ4v) is 6.65. The first kappa shape index (κ1) is 32.0. The van der Waals surface area contributed by atoms with Crippen LogP contribution in [0, 0.1) is 0 Å². The van der Waals surface area contributed by atoms with Crippen LogP contribution in [0.2, 0.25) is 0 Å². The van der Waals surface area contributed by atoms with Crippen LogP contribution in [0.15, 0.2) is 24.3 Å². The Balaban J connectivity index is 1.94. The molecule has 0 aliphatic carbocycles. The zero-order valence-corrected chi connectivity index (χ0v) is 27.5. The predicted octanol–water partition coefficient (Wildman–Crippen LogP) is 9.65. The summed E-state index contributed by atoms with van der Waals surface area (Å²) in [5, 5.41) is 9.72. The van der Waals surface area contributed by atoms with Gasteiger partial charge in [-0.1, -0.05) is 65.5 Å². The molecule has 234 valence electrons. The zero-order valence-electron chi connectivity index (χ0n) is 27.5. The van der Waals surface area contributed by atoms with Crippen LogP contribution in [0.5, 0.6) is 0 Å². The summed E-state index contributed by atoms with van der Waals surface area (Å²) >= 11 is 0. The Morgan fingerprint density at radius 1 is 0.659 bits per heavy atom. The van der Waals surface area contributed by atoms with Gasteiger partial charge in [0.05, 0.1) is 23.5 Å². The Labute approximate surface area is 264 Å². The number of H-pyrrole nitrogens is 2. The van der Waals surface area contributed by atoms with Gasteiger partial charge in [-0.15, -0.1) is 0 Å². The lowest BCUT2D eigenvalue weighted by Gasteiger charge is -2.06. The van der Waals surface area contributed by atoms with E-state index < -0.39 is 0 Å². The maximum Gasteiger partial charge on any atom is 0.0690 e. The van der Waals surface area contributed by atoms with Crippen molar-refractivity contribution in [2.75, 3.05) is 6.61 Å². The molecule has 0 fully saturated rings. The number of fused-ring (bicyclic) bond motifs is 8. The van der Waals surface area contributed by atoms with Crippen molar-refractivity contribution in [3.63, 3.8) is 0 Å². The highest BCUT2D eigenvalue weighted by molar-refractivity contribution is 5.84. The van der Waals surface area contributed by atoms with Crippen LogP contribution in [-0.2, 0) is 38.5 Å². The molecule has 5 nitrogen and oxygen atoms in total. The number of unbranched alkanes of at least 4 members (excludes halogenated alkanes) is 4. The topological polar surface area (TPSA) is 77.6 Å². The molecule has 0 saturated carbocycles. The number of nitrogens with zero attached hydrogens (tertiary/aromatic N) is 2. The summed E-state index contributed by atoms with van der Waals surface area (Å²) < 4.78 is 0. The van der Waals surface area contributed by atoms with E-state index in [2.05, 4.69) is 74.1 Å². The maximum atomic E-state index is 9.72. The van der Waals surface area contributed by atoms with E-state index in [1.165, 1.54) is 44.7 Å². The Bertz CT molecular complexity index is 1650. The lowest BCUT2D eigenvalue weighted by atomic mass is 10.0. The Morgan fingerprint density at radius 3 is 1.77 bits per heavy atom. The van der Waals surface area contributed by atoms with E-state index in [0.29, 0.717) is 0 Å². The Hall–Kier alpha value is -3.44. The summed E-state index contributed by atoms with van der Waals surface area (Å²) in [6.07, 6.45) is 23.4. The molecule has 0 atom stereocenters. The highest BCUT2D eigenvalue weighted by Crippen LogP contribution is 2.31. The van der Waals surface area contributed by atoms with E-state index in [1.54, 1.807) is 0 Å². The molecule has 2 aliphatic rings.